The summed E-state index contributed by atoms with van der Waals surface area (Å²) in [5.41, 5.74) is 0.932. The average Bonchev–Trinajstić information content (AvgIpc) is 2.70. The first-order valence-corrected chi connectivity index (χ1v) is 11.2. The van der Waals surface area contributed by atoms with E-state index in [1.54, 1.807) is 0 Å². The van der Waals surface area contributed by atoms with Crippen LogP contribution in [0.25, 0.3) is 0 Å². The minimum Gasteiger partial charge on any atom is -0.490 e. The fourth-order valence-corrected chi connectivity index (χ4v) is 4.03. The molecule has 1 amide bonds. The number of carbonyl (C=O) groups is 1. The van der Waals surface area contributed by atoms with Crippen LogP contribution < -0.4 is 19.5 Å². The predicted octanol–water partition coefficient (Wildman–Crippen LogP) is 2.65. The van der Waals surface area contributed by atoms with E-state index in [1.807, 2.05) is 32.0 Å². The Bertz CT molecular complexity index is 966. The number of benzene rings is 2. The maximum atomic E-state index is 13.8. The zero-order chi connectivity index (χ0) is 22.1. The molecule has 2 N–H and O–H groups in total. The second-order valence-electron chi connectivity index (χ2n) is 6.46. The molecule has 2 aromatic carbocycles. The summed E-state index contributed by atoms with van der Waals surface area (Å²) in [4.78, 5) is 11.8. The van der Waals surface area contributed by atoms with Crippen molar-refractivity contribution in [3.05, 3.63) is 53.8 Å². The fourth-order valence-electron chi connectivity index (χ4n) is 2.75. The van der Waals surface area contributed by atoms with Crippen molar-refractivity contribution in [1.29, 1.82) is 0 Å². The number of carbonyl (C=O) groups excluding carboxylic acids is 1. The van der Waals surface area contributed by atoms with Gasteiger partial charge in [0.25, 0.3) is 0 Å². The molecule has 30 heavy (non-hydrogen) atoms. The molecule has 2 rings (SSSR count). The molecule has 0 saturated carbocycles. The highest BCUT2D eigenvalue weighted by molar-refractivity contribution is 7.89. The Morgan fingerprint density at radius 1 is 1.07 bits per heavy atom. The van der Waals surface area contributed by atoms with Gasteiger partial charge in [0.05, 0.1) is 19.3 Å². The number of sulfonamides is 1. The van der Waals surface area contributed by atoms with Crippen molar-refractivity contribution in [3.63, 3.8) is 0 Å². The normalized spacial score (nSPS) is 12.3. The first kappa shape index (κ1) is 23.6. The van der Waals surface area contributed by atoms with Crippen molar-refractivity contribution in [2.45, 2.75) is 38.1 Å². The molecule has 9 heteroatoms. The van der Waals surface area contributed by atoms with Crippen molar-refractivity contribution in [2.75, 3.05) is 19.8 Å². The van der Waals surface area contributed by atoms with Gasteiger partial charge in [-0.05, 0) is 57.0 Å². The molecule has 2 aromatic rings. The molecular weight excluding hydrogens is 411 g/mol. The molecule has 0 heterocycles. The molecule has 1 atom stereocenters. The van der Waals surface area contributed by atoms with E-state index in [4.69, 9.17) is 9.47 Å². The van der Waals surface area contributed by atoms with Gasteiger partial charge < -0.3 is 14.8 Å². The molecular formula is C21H27FN2O5S. The van der Waals surface area contributed by atoms with Gasteiger partial charge >= 0.3 is 0 Å². The Kier molecular flexibility index (Phi) is 8.61. The lowest BCUT2D eigenvalue weighted by molar-refractivity contribution is -0.122. The summed E-state index contributed by atoms with van der Waals surface area (Å²) in [5, 5.41) is 2.68. The molecule has 0 aliphatic carbocycles. The van der Waals surface area contributed by atoms with Crippen LogP contribution in [-0.2, 0) is 21.2 Å². The van der Waals surface area contributed by atoms with E-state index in [-0.39, 0.29) is 0 Å². The quantitative estimate of drug-likeness (QED) is 0.563. The molecule has 0 saturated heterocycles. The Labute approximate surface area is 176 Å². The number of nitrogens with one attached hydrogen (secondary N) is 2. The van der Waals surface area contributed by atoms with E-state index in [1.165, 1.54) is 19.1 Å². The number of hydrogen-bond acceptors (Lipinski definition) is 5. The molecule has 0 aliphatic rings. The number of rotatable bonds is 11. The summed E-state index contributed by atoms with van der Waals surface area (Å²) < 4.78 is 51.6. The molecule has 7 nitrogen and oxygen atoms in total. The number of amides is 1. The lowest BCUT2D eigenvalue weighted by Gasteiger charge is -2.15. The van der Waals surface area contributed by atoms with Crippen LogP contribution in [-0.4, -0.2) is 40.1 Å². The molecule has 0 aliphatic heterocycles. The predicted molar refractivity (Wildman–Crippen MR) is 112 cm³/mol. The fraction of sp³-hybridized carbons (Fsp3) is 0.381. The van der Waals surface area contributed by atoms with E-state index in [9.17, 15) is 17.6 Å². The lowest BCUT2D eigenvalue weighted by Crippen LogP contribution is -2.45. The Balaban J connectivity index is 1.92. The zero-order valence-corrected chi connectivity index (χ0v) is 18.1. The molecule has 0 spiro atoms. The van der Waals surface area contributed by atoms with Crippen LogP contribution in [0.15, 0.2) is 47.4 Å². The maximum Gasteiger partial charge on any atom is 0.244 e. The summed E-state index contributed by atoms with van der Waals surface area (Å²) >= 11 is 0. The number of ether oxygens (including phenoxy) is 2. The summed E-state index contributed by atoms with van der Waals surface area (Å²) in [6, 6.07) is 9.48. The molecule has 164 valence electrons. The van der Waals surface area contributed by atoms with Crippen LogP contribution in [0.3, 0.4) is 0 Å². The van der Waals surface area contributed by atoms with Crippen LogP contribution >= 0.6 is 0 Å². The smallest absolute Gasteiger partial charge is 0.244 e. The van der Waals surface area contributed by atoms with Gasteiger partial charge in [-0.1, -0.05) is 18.2 Å². The summed E-state index contributed by atoms with van der Waals surface area (Å²) in [5.74, 6) is -0.0957. The Hall–Kier alpha value is -2.65. The topological polar surface area (TPSA) is 93.7 Å². The van der Waals surface area contributed by atoms with Crippen LogP contribution in [0.4, 0.5) is 4.39 Å². The van der Waals surface area contributed by atoms with E-state index in [0.717, 1.165) is 17.7 Å². The highest BCUT2D eigenvalue weighted by Crippen LogP contribution is 2.28. The van der Waals surface area contributed by atoms with Gasteiger partial charge in [0.1, 0.15) is 10.7 Å². The second kappa shape index (κ2) is 10.9. The molecule has 0 unspecified atom stereocenters. The van der Waals surface area contributed by atoms with Crippen molar-refractivity contribution in [2.24, 2.45) is 0 Å². The van der Waals surface area contributed by atoms with E-state index in [0.29, 0.717) is 37.7 Å². The van der Waals surface area contributed by atoms with Gasteiger partial charge in [0.2, 0.25) is 15.9 Å². The van der Waals surface area contributed by atoms with Crippen molar-refractivity contribution < 1.29 is 27.1 Å². The van der Waals surface area contributed by atoms with E-state index < -0.39 is 32.7 Å². The maximum absolute atomic E-state index is 13.8. The van der Waals surface area contributed by atoms with Crippen molar-refractivity contribution in [1.82, 2.24) is 10.0 Å². The molecule has 0 radical (unpaired) electrons. The van der Waals surface area contributed by atoms with Gasteiger partial charge in [-0.3, -0.25) is 4.79 Å². The van der Waals surface area contributed by atoms with Crippen molar-refractivity contribution in [3.8, 4) is 11.5 Å². The van der Waals surface area contributed by atoms with E-state index in [2.05, 4.69) is 10.0 Å². The third-order valence-electron chi connectivity index (χ3n) is 4.17. The minimum atomic E-state index is -4.15. The van der Waals surface area contributed by atoms with Gasteiger partial charge in [0.15, 0.2) is 11.5 Å². The van der Waals surface area contributed by atoms with Crippen LogP contribution in [0.5, 0.6) is 11.5 Å². The first-order valence-electron chi connectivity index (χ1n) is 9.71. The highest BCUT2D eigenvalue weighted by Gasteiger charge is 2.24. The van der Waals surface area contributed by atoms with Crippen LogP contribution in [0.2, 0.25) is 0 Å². The Morgan fingerprint density at radius 2 is 1.73 bits per heavy atom. The summed E-state index contributed by atoms with van der Waals surface area (Å²) in [6.45, 7) is 6.49. The molecule has 0 bridgehead atoms. The monoisotopic (exact) mass is 438 g/mol. The third kappa shape index (κ3) is 6.43. The minimum absolute atomic E-state index is 0.296. The Morgan fingerprint density at radius 3 is 2.40 bits per heavy atom. The number of halogens is 1. The highest BCUT2D eigenvalue weighted by atomic mass is 32.2. The largest absolute Gasteiger partial charge is 0.490 e. The standard InChI is InChI=1S/C21H27FN2O5S/c1-4-28-18-11-10-16(14-19(18)29-5-2)12-13-23-21(25)15(3)24-30(26,27)20-9-7-6-8-17(20)22/h6-11,14-15,24H,4-5,12-13H2,1-3H3,(H,23,25)/t15-/m0/s1. The summed E-state index contributed by atoms with van der Waals surface area (Å²) in [6.07, 6.45) is 0.519. The number of hydrogen-bond donors (Lipinski definition) is 2. The van der Waals surface area contributed by atoms with Gasteiger partial charge in [-0.2, -0.15) is 4.72 Å². The molecule has 0 aromatic heterocycles. The SMILES string of the molecule is CCOc1ccc(CCNC(=O)[C@H](C)NS(=O)(=O)c2ccccc2F)cc1OCC. The first-order chi connectivity index (χ1) is 14.3. The van der Waals surface area contributed by atoms with Gasteiger partial charge in [-0.25, -0.2) is 12.8 Å². The average molecular weight is 439 g/mol. The van der Waals surface area contributed by atoms with Crippen LogP contribution in [0.1, 0.15) is 26.3 Å². The zero-order valence-electron chi connectivity index (χ0n) is 17.3. The van der Waals surface area contributed by atoms with E-state index >= 15 is 0 Å². The van der Waals surface area contributed by atoms with Gasteiger partial charge in [0, 0.05) is 6.54 Å². The molecule has 0 fully saturated rings. The summed E-state index contributed by atoms with van der Waals surface area (Å²) in [7, 11) is -4.15. The van der Waals surface area contributed by atoms with Crippen LogP contribution in [0, 0.1) is 5.82 Å². The lowest BCUT2D eigenvalue weighted by atomic mass is 10.1. The van der Waals surface area contributed by atoms with Gasteiger partial charge in [-0.15, -0.1) is 0 Å². The van der Waals surface area contributed by atoms with Crippen molar-refractivity contribution >= 4 is 15.9 Å². The third-order valence-corrected chi connectivity index (χ3v) is 5.75. The second-order valence-corrected chi connectivity index (χ2v) is 8.14.